The lowest BCUT2D eigenvalue weighted by Gasteiger charge is -2.23. The topological polar surface area (TPSA) is 98.7 Å². The minimum atomic E-state index is -1.54. The van der Waals surface area contributed by atoms with E-state index in [0.717, 1.165) is 12.3 Å². The minimum Gasteiger partial charge on any atom is -0.479 e. The Morgan fingerprint density at radius 1 is 1.29 bits per heavy atom. The molecule has 2 rings (SSSR count). The third-order valence-electron chi connectivity index (χ3n) is 3.80. The molecule has 96 valence electrons. The SMILES string of the molecule is O=C(NCC(O)C(=O)O)NC1CC2CCC1C2. The molecule has 2 bridgehead atoms. The minimum absolute atomic E-state index is 0.218. The number of carboxylic acids is 1. The van der Waals surface area contributed by atoms with E-state index < -0.39 is 12.1 Å². The fourth-order valence-corrected chi connectivity index (χ4v) is 2.92. The van der Waals surface area contributed by atoms with Gasteiger partial charge >= 0.3 is 12.0 Å². The number of amides is 2. The van der Waals surface area contributed by atoms with Gasteiger partial charge in [-0.05, 0) is 31.1 Å². The number of carbonyl (C=O) groups is 2. The molecule has 0 radical (unpaired) electrons. The fraction of sp³-hybridized carbons (Fsp3) is 0.818. The molecule has 2 aliphatic rings. The first-order valence-electron chi connectivity index (χ1n) is 6.01. The summed E-state index contributed by atoms with van der Waals surface area (Å²) in [5, 5.41) is 22.7. The number of nitrogens with one attached hydrogen (secondary N) is 2. The summed E-state index contributed by atoms with van der Waals surface area (Å²) in [5.41, 5.74) is 0. The summed E-state index contributed by atoms with van der Waals surface area (Å²) in [7, 11) is 0. The highest BCUT2D eigenvalue weighted by Crippen LogP contribution is 2.44. The largest absolute Gasteiger partial charge is 0.479 e. The first-order valence-corrected chi connectivity index (χ1v) is 6.01. The number of carbonyl (C=O) groups excluding carboxylic acids is 1. The smallest absolute Gasteiger partial charge is 0.334 e. The maximum atomic E-state index is 11.5. The Labute approximate surface area is 99.4 Å². The summed E-state index contributed by atoms with van der Waals surface area (Å²) >= 11 is 0. The highest BCUT2D eigenvalue weighted by atomic mass is 16.4. The van der Waals surface area contributed by atoms with Gasteiger partial charge in [-0.1, -0.05) is 6.42 Å². The molecule has 0 spiro atoms. The van der Waals surface area contributed by atoms with Gasteiger partial charge in [0.15, 0.2) is 6.10 Å². The van der Waals surface area contributed by atoms with Crippen LogP contribution >= 0.6 is 0 Å². The van der Waals surface area contributed by atoms with Gasteiger partial charge in [-0.15, -0.1) is 0 Å². The first-order chi connectivity index (χ1) is 8.06. The van der Waals surface area contributed by atoms with Crippen molar-refractivity contribution in [1.29, 1.82) is 0 Å². The summed E-state index contributed by atoms with van der Waals surface area (Å²) < 4.78 is 0. The van der Waals surface area contributed by atoms with Crippen LogP contribution in [0.25, 0.3) is 0 Å². The van der Waals surface area contributed by atoms with Crippen molar-refractivity contribution in [3.8, 4) is 0 Å². The van der Waals surface area contributed by atoms with E-state index in [2.05, 4.69) is 10.6 Å². The van der Waals surface area contributed by atoms with E-state index in [1.807, 2.05) is 0 Å². The second-order valence-corrected chi connectivity index (χ2v) is 4.99. The summed E-state index contributed by atoms with van der Waals surface area (Å²) in [6, 6.07) is -0.168. The van der Waals surface area contributed by atoms with E-state index in [1.165, 1.54) is 19.3 Å². The Morgan fingerprint density at radius 2 is 2.06 bits per heavy atom. The average molecular weight is 242 g/mol. The molecule has 0 aromatic heterocycles. The third kappa shape index (κ3) is 2.88. The molecule has 2 saturated carbocycles. The molecule has 4 N–H and O–H groups in total. The fourth-order valence-electron chi connectivity index (χ4n) is 2.92. The predicted molar refractivity (Wildman–Crippen MR) is 59.4 cm³/mol. The second-order valence-electron chi connectivity index (χ2n) is 4.99. The number of hydrogen-bond donors (Lipinski definition) is 4. The summed E-state index contributed by atoms with van der Waals surface area (Å²) in [6.07, 6.45) is 3.12. The number of urea groups is 1. The van der Waals surface area contributed by atoms with Crippen LogP contribution in [0.1, 0.15) is 25.7 Å². The lowest BCUT2D eigenvalue weighted by Crippen LogP contribution is -2.47. The molecule has 0 aliphatic heterocycles. The number of aliphatic carboxylic acids is 1. The van der Waals surface area contributed by atoms with Crippen LogP contribution in [-0.4, -0.2) is 40.9 Å². The van der Waals surface area contributed by atoms with Gasteiger partial charge < -0.3 is 20.8 Å². The van der Waals surface area contributed by atoms with Gasteiger partial charge in [-0.2, -0.15) is 0 Å². The zero-order chi connectivity index (χ0) is 12.4. The third-order valence-corrected chi connectivity index (χ3v) is 3.80. The normalized spacial score (nSPS) is 32.2. The molecule has 2 amide bonds. The van der Waals surface area contributed by atoms with E-state index in [9.17, 15) is 9.59 Å². The lowest BCUT2D eigenvalue weighted by atomic mass is 9.95. The van der Waals surface area contributed by atoms with E-state index in [-0.39, 0.29) is 18.6 Å². The second kappa shape index (κ2) is 4.91. The maximum absolute atomic E-state index is 11.5. The zero-order valence-electron chi connectivity index (χ0n) is 9.56. The molecular formula is C11H18N2O4. The van der Waals surface area contributed by atoms with Crippen molar-refractivity contribution in [3.63, 3.8) is 0 Å². The van der Waals surface area contributed by atoms with Gasteiger partial charge in [0.1, 0.15) is 0 Å². The molecule has 2 fully saturated rings. The van der Waals surface area contributed by atoms with Crippen LogP contribution in [0.15, 0.2) is 0 Å². The zero-order valence-corrected chi connectivity index (χ0v) is 9.56. The lowest BCUT2D eigenvalue weighted by molar-refractivity contribution is -0.146. The molecule has 0 aromatic carbocycles. The van der Waals surface area contributed by atoms with Crippen LogP contribution in [0.5, 0.6) is 0 Å². The molecule has 6 heteroatoms. The molecule has 0 saturated heterocycles. The van der Waals surface area contributed by atoms with Crippen LogP contribution in [-0.2, 0) is 4.79 Å². The summed E-state index contributed by atoms with van der Waals surface area (Å²) in [6.45, 7) is -0.262. The monoisotopic (exact) mass is 242 g/mol. The van der Waals surface area contributed by atoms with Crippen LogP contribution in [0.3, 0.4) is 0 Å². The Kier molecular flexibility index (Phi) is 3.51. The highest BCUT2D eigenvalue weighted by molar-refractivity contribution is 5.76. The number of fused-ring (bicyclic) bond motifs is 2. The standard InChI is InChI=1S/C11H18N2O4/c14-9(10(15)16)5-12-11(17)13-8-4-6-1-2-7(8)3-6/h6-9,14H,1-5H2,(H,15,16)(H2,12,13,17). The van der Waals surface area contributed by atoms with Crippen molar-refractivity contribution in [2.45, 2.75) is 37.8 Å². The average Bonchev–Trinajstić information content (AvgIpc) is 2.87. The molecule has 6 nitrogen and oxygen atoms in total. The van der Waals surface area contributed by atoms with Crippen molar-refractivity contribution in [2.24, 2.45) is 11.8 Å². The van der Waals surface area contributed by atoms with Crippen LogP contribution < -0.4 is 10.6 Å². The van der Waals surface area contributed by atoms with Gasteiger partial charge in [0.2, 0.25) is 0 Å². The van der Waals surface area contributed by atoms with E-state index in [1.54, 1.807) is 0 Å². The van der Waals surface area contributed by atoms with Crippen molar-refractivity contribution in [3.05, 3.63) is 0 Å². The maximum Gasteiger partial charge on any atom is 0.334 e. The Balaban J connectivity index is 1.69. The number of hydrogen-bond acceptors (Lipinski definition) is 3. The number of carboxylic acid groups (broad SMARTS) is 1. The van der Waals surface area contributed by atoms with Crippen molar-refractivity contribution >= 4 is 12.0 Å². The molecule has 0 aromatic rings. The van der Waals surface area contributed by atoms with Crippen LogP contribution in [0.4, 0.5) is 4.79 Å². The van der Waals surface area contributed by atoms with Crippen molar-refractivity contribution < 1.29 is 19.8 Å². The Morgan fingerprint density at radius 3 is 2.59 bits per heavy atom. The highest BCUT2D eigenvalue weighted by Gasteiger charge is 2.40. The molecule has 0 heterocycles. The Bertz CT molecular complexity index is 321. The van der Waals surface area contributed by atoms with Gasteiger partial charge in [0.25, 0.3) is 0 Å². The number of aliphatic hydroxyl groups is 1. The molecular weight excluding hydrogens is 224 g/mol. The van der Waals surface area contributed by atoms with Gasteiger partial charge in [-0.25, -0.2) is 9.59 Å². The number of aliphatic hydroxyl groups excluding tert-OH is 1. The van der Waals surface area contributed by atoms with Crippen LogP contribution in [0.2, 0.25) is 0 Å². The number of rotatable bonds is 4. The van der Waals surface area contributed by atoms with E-state index in [4.69, 9.17) is 10.2 Å². The predicted octanol–water partition coefficient (Wildman–Crippen LogP) is -0.0803. The van der Waals surface area contributed by atoms with E-state index in [0.29, 0.717) is 5.92 Å². The molecule has 17 heavy (non-hydrogen) atoms. The molecule has 4 atom stereocenters. The van der Waals surface area contributed by atoms with Gasteiger partial charge in [-0.3, -0.25) is 0 Å². The van der Waals surface area contributed by atoms with Gasteiger partial charge in [0, 0.05) is 6.04 Å². The van der Waals surface area contributed by atoms with Crippen molar-refractivity contribution in [1.82, 2.24) is 10.6 Å². The molecule has 4 unspecified atom stereocenters. The van der Waals surface area contributed by atoms with Gasteiger partial charge in [0.05, 0.1) is 6.54 Å². The van der Waals surface area contributed by atoms with E-state index >= 15 is 0 Å². The quantitative estimate of drug-likeness (QED) is 0.554. The van der Waals surface area contributed by atoms with Crippen molar-refractivity contribution in [2.75, 3.05) is 6.54 Å². The summed E-state index contributed by atoms with van der Waals surface area (Å²) in [5.74, 6) is -0.00437. The Hall–Kier alpha value is -1.30. The first kappa shape index (κ1) is 12.2. The van der Waals surface area contributed by atoms with Crippen LogP contribution in [0, 0.1) is 11.8 Å². The summed E-state index contributed by atoms with van der Waals surface area (Å²) in [4.78, 5) is 21.8. The molecule has 2 aliphatic carbocycles.